The largest absolute Gasteiger partial charge is 0.493 e. The molecule has 0 saturated heterocycles. The maximum Gasteiger partial charge on any atom is 0.204 e. The Kier molecular flexibility index (Phi) is 4.74. The van der Waals surface area contributed by atoms with Crippen LogP contribution in [0.25, 0.3) is 16.8 Å². The number of hydrogen-bond acceptors (Lipinski definition) is 6. The number of hydrogen-bond donors (Lipinski definition) is 2. The molecule has 32 heavy (non-hydrogen) atoms. The van der Waals surface area contributed by atoms with Crippen LogP contribution in [0.1, 0.15) is 31.5 Å². The zero-order valence-corrected chi connectivity index (χ0v) is 17.7. The van der Waals surface area contributed by atoms with Crippen molar-refractivity contribution in [1.82, 2.24) is 14.4 Å². The fraction of sp³-hybridized carbons (Fsp3) is 0.250. The summed E-state index contributed by atoms with van der Waals surface area (Å²) in [6, 6.07) is 11.7. The lowest BCUT2D eigenvalue weighted by atomic mass is 9.72. The van der Waals surface area contributed by atoms with E-state index in [9.17, 15) is 9.50 Å². The highest BCUT2D eigenvalue weighted by atomic mass is 19.1. The van der Waals surface area contributed by atoms with Crippen LogP contribution in [0.2, 0.25) is 0 Å². The highest BCUT2D eigenvalue weighted by molar-refractivity contribution is 5.85. The van der Waals surface area contributed by atoms with Crippen LogP contribution in [0.15, 0.2) is 54.9 Å². The molecular weight excluding hydrogens is 411 g/mol. The van der Waals surface area contributed by atoms with Crippen LogP contribution in [-0.2, 0) is 0 Å². The molecule has 1 fully saturated rings. The molecule has 4 aromatic rings. The molecule has 0 unspecified atom stereocenters. The van der Waals surface area contributed by atoms with Gasteiger partial charge in [0.2, 0.25) is 5.75 Å². The molecular formula is C24H23FN4O3. The summed E-state index contributed by atoms with van der Waals surface area (Å²) in [5, 5.41) is 10.2. The normalized spacial score (nSPS) is 20.2. The summed E-state index contributed by atoms with van der Waals surface area (Å²) in [7, 11) is 1.46. The van der Waals surface area contributed by atoms with Crippen molar-refractivity contribution >= 4 is 11.3 Å². The number of nitrogen functional groups attached to an aromatic ring is 1. The van der Waals surface area contributed by atoms with Gasteiger partial charge in [0.15, 0.2) is 11.6 Å². The fourth-order valence-corrected chi connectivity index (χ4v) is 4.31. The molecule has 0 atom stereocenters. The Balaban J connectivity index is 1.50. The first-order chi connectivity index (χ1) is 15.4. The number of para-hydroxylation sites is 1. The summed E-state index contributed by atoms with van der Waals surface area (Å²) in [6.45, 7) is 1.83. The number of benzene rings is 2. The third-order valence-corrected chi connectivity index (χ3v) is 5.85. The van der Waals surface area contributed by atoms with Crippen molar-refractivity contribution in [2.45, 2.75) is 31.3 Å². The summed E-state index contributed by atoms with van der Waals surface area (Å²) in [5.41, 5.74) is 7.78. The predicted molar refractivity (Wildman–Crippen MR) is 118 cm³/mol. The molecule has 7 nitrogen and oxygen atoms in total. The Morgan fingerprint density at radius 2 is 1.94 bits per heavy atom. The standard InChI is InChI=1S/C24H23FN4O3/c1-24(30)12-15(13-24)23-28-19(20-22(26)27-10-11-29(20)23)14-6-8-16(9-7-14)32-21-17(25)4-3-5-18(21)31-2/h3-11,15,30H,12-13H2,1-2H3,(H2,26,27). The molecule has 8 heteroatoms. The molecule has 2 aromatic heterocycles. The van der Waals surface area contributed by atoms with Crippen LogP contribution in [0.3, 0.4) is 0 Å². The van der Waals surface area contributed by atoms with Crippen molar-refractivity contribution < 1.29 is 19.0 Å². The Bertz CT molecular complexity index is 1290. The summed E-state index contributed by atoms with van der Waals surface area (Å²) in [4.78, 5) is 9.10. The van der Waals surface area contributed by atoms with Gasteiger partial charge >= 0.3 is 0 Å². The minimum Gasteiger partial charge on any atom is -0.493 e. The Morgan fingerprint density at radius 3 is 2.62 bits per heavy atom. The van der Waals surface area contributed by atoms with Crippen molar-refractivity contribution in [2.75, 3.05) is 12.8 Å². The third-order valence-electron chi connectivity index (χ3n) is 5.85. The van der Waals surface area contributed by atoms with E-state index in [1.54, 1.807) is 30.5 Å². The molecule has 0 radical (unpaired) electrons. The van der Waals surface area contributed by atoms with Gasteiger partial charge in [-0.2, -0.15) is 0 Å². The first-order valence-corrected chi connectivity index (χ1v) is 10.3. The summed E-state index contributed by atoms with van der Waals surface area (Å²) in [5.74, 6) is 1.67. The second-order valence-electron chi connectivity index (χ2n) is 8.35. The molecule has 1 aliphatic carbocycles. The van der Waals surface area contributed by atoms with E-state index in [2.05, 4.69) is 4.98 Å². The van der Waals surface area contributed by atoms with Crippen LogP contribution in [0.4, 0.5) is 10.2 Å². The van der Waals surface area contributed by atoms with Crippen molar-refractivity contribution in [2.24, 2.45) is 0 Å². The SMILES string of the molecule is COc1cccc(F)c1Oc1ccc(-c2nc(C3CC(C)(O)C3)n3ccnc(N)c23)cc1. The molecule has 2 heterocycles. The van der Waals surface area contributed by atoms with Gasteiger partial charge in [0.05, 0.1) is 12.7 Å². The van der Waals surface area contributed by atoms with Crippen molar-refractivity contribution in [3.63, 3.8) is 0 Å². The number of methoxy groups -OCH3 is 1. The maximum absolute atomic E-state index is 14.2. The van der Waals surface area contributed by atoms with Crippen LogP contribution < -0.4 is 15.2 Å². The van der Waals surface area contributed by atoms with E-state index < -0.39 is 11.4 Å². The molecule has 3 N–H and O–H groups in total. The molecule has 1 saturated carbocycles. The summed E-state index contributed by atoms with van der Waals surface area (Å²) in [6.07, 6.45) is 4.77. The van der Waals surface area contributed by atoms with E-state index >= 15 is 0 Å². The van der Waals surface area contributed by atoms with Gasteiger partial charge in [0.1, 0.15) is 28.6 Å². The van der Waals surface area contributed by atoms with Gasteiger partial charge in [-0.25, -0.2) is 14.4 Å². The second kappa shape index (κ2) is 7.49. The van der Waals surface area contributed by atoms with Gasteiger partial charge in [-0.1, -0.05) is 6.07 Å². The van der Waals surface area contributed by atoms with Crippen LogP contribution in [0, 0.1) is 5.82 Å². The highest BCUT2D eigenvalue weighted by Gasteiger charge is 2.41. The minimum absolute atomic E-state index is 0.0305. The maximum atomic E-state index is 14.2. The van der Waals surface area contributed by atoms with Gasteiger partial charge in [-0.15, -0.1) is 0 Å². The average Bonchev–Trinajstić information content (AvgIpc) is 3.14. The number of ether oxygens (including phenoxy) is 2. The first kappa shape index (κ1) is 20.3. The molecule has 0 amide bonds. The number of nitrogens with zero attached hydrogens (tertiary/aromatic N) is 3. The zero-order valence-electron chi connectivity index (χ0n) is 17.7. The van der Waals surface area contributed by atoms with E-state index in [-0.39, 0.29) is 11.7 Å². The average molecular weight is 434 g/mol. The lowest BCUT2D eigenvalue weighted by Crippen LogP contribution is -2.40. The topological polar surface area (TPSA) is 94.9 Å². The molecule has 2 aromatic carbocycles. The van der Waals surface area contributed by atoms with Crippen molar-refractivity contribution in [1.29, 1.82) is 0 Å². The van der Waals surface area contributed by atoms with E-state index in [0.29, 0.717) is 35.9 Å². The first-order valence-electron chi connectivity index (χ1n) is 10.3. The zero-order chi connectivity index (χ0) is 22.5. The van der Waals surface area contributed by atoms with Gasteiger partial charge in [0, 0.05) is 23.9 Å². The van der Waals surface area contributed by atoms with E-state index in [4.69, 9.17) is 20.2 Å². The Hall–Kier alpha value is -3.65. The molecule has 0 spiro atoms. The quantitative estimate of drug-likeness (QED) is 0.479. The minimum atomic E-state index is -0.665. The Morgan fingerprint density at radius 1 is 1.19 bits per heavy atom. The van der Waals surface area contributed by atoms with Crippen LogP contribution >= 0.6 is 0 Å². The number of rotatable bonds is 5. The number of imidazole rings is 1. The number of anilines is 1. The summed E-state index contributed by atoms with van der Waals surface area (Å²) >= 11 is 0. The summed E-state index contributed by atoms with van der Waals surface area (Å²) < 4.78 is 27.1. The molecule has 5 rings (SSSR count). The Labute approximate surface area is 184 Å². The molecule has 0 bridgehead atoms. The van der Waals surface area contributed by atoms with Crippen molar-refractivity contribution in [3.05, 3.63) is 66.5 Å². The second-order valence-corrected chi connectivity index (χ2v) is 8.35. The third kappa shape index (κ3) is 3.42. The smallest absolute Gasteiger partial charge is 0.204 e. The van der Waals surface area contributed by atoms with Gasteiger partial charge < -0.3 is 20.3 Å². The molecule has 1 aliphatic rings. The van der Waals surface area contributed by atoms with E-state index in [1.807, 2.05) is 29.7 Å². The number of halogens is 1. The monoisotopic (exact) mass is 434 g/mol. The molecule has 164 valence electrons. The lowest BCUT2D eigenvalue weighted by molar-refractivity contribution is -0.0335. The number of nitrogens with two attached hydrogens (primary N) is 1. The van der Waals surface area contributed by atoms with Gasteiger partial charge in [-0.05, 0) is 56.2 Å². The number of aliphatic hydroxyl groups is 1. The number of aromatic nitrogens is 3. The predicted octanol–water partition coefficient (Wildman–Crippen LogP) is 4.55. The highest BCUT2D eigenvalue weighted by Crippen LogP contribution is 2.45. The molecule has 0 aliphatic heterocycles. The number of fused-ring (bicyclic) bond motifs is 1. The van der Waals surface area contributed by atoms with E-state index in [1.165, 1.54) is 13.2 Å². The fourth-order valence-electron chi connectivity index (χ4n) is 4.31. The van der Waals surface area contributed by atoms with Gasteiger partial charge in [0.25, 0.3) is 0 Å². The van der Waals surface area contributed by atoms with Crippen LogP contribution in [0.5, 0.6) is 17.2 Å². The van der Waals surface area contributed by atoms with Crippen LogP contribution in [-0.4, -0.2) is 32.2 Å². The van der Waals surface area contributed by atoms with Crippen molar-refractivity contribution in [3.8, 4) is 28.5 Å². The lowest BCUT2D eigenvalue weighted by Gasteiger charge is -2.40. The van der Waals surface area contributed by atoms with E-state index in [0.717, 1.165) is 16.9 Å². The van der Waals surface area contributed by atoms with Gasteiger partial charge in [-0.3, -0.25) is 4.40 Å².